The zero-order valence-electron chi connectivity index (χ0n) is 8.56. The van der Waals surface area contributed by atoms with Gasteiger partial charge in [-0.2, -0.15) is 0 Å². The van der Waals surface area contributed by atoms with Crippen LogP contribution in [0.25, 0.3) is 0 Å². The first-order chi connectivity index (χ1) is 6.68. The van der Waals surface area contributed by atoms with Crippen molar-refractivity contribution in [3.8, 4) is 11.5 Å². The molecule has 0 aromatic heterocycles. The van der Waals surface area contributed by atoms with E-state index in [0.29, 0.717) is 13.2 Å². The highest BCUT2D eigenvalue weighted by atomic mass is 16.5. The third-order valence-corrected chi connectivity index (χ3v) is 1.64. The minimum atomic E-state index is 0.235. The number of aromatic hydroxyl groups is 1. The maximum absolute atomic E-state index is 9.02. The Kier molecular flexibility index (Phi) is 4.26. The summed E-state index contributed by atoms with van der Waals surface area (Å²) in [6, 6.07) is 6.65. The zero-order chi connectivity index (χ0) is 10.4. The van der Waals surface area contributed by atoms with Gasteiger partial charge in [0.25, 0.3) is 0 Å². The van der Waals surface area contributed by atoms with E-state index in [-0.39, 0.29) is 11.9 Å². The van der Waals surface area contributed by atoms with Crippen molar-refractivity contribution < 1.29 is 14.6 Å². The van der Waals surface area contributed by atoms with Gasteiger partial charge in [0.15, 0.2) is 0 Å². The van der Waals surface area contributed by atoms with Crippen LogP contribution in [-0.2, 0) is 4.74 Å². The van der Waals surface area contributed by atoms with Crippen molar-refractivity contribution >= 4 is 0 Å². The second-order valence-electron chi connectivity index (χ2n) is 3.26. The summed E-state index contributed by atoms with van der Waals surface area (Å²) in [6.07, 6.45) is 0.235. The van der Waals surface area contributed by atoms with Gasteiger partial charge in [0.2, 0.25) is 0 Å². The number of phenols is 1. The molecule has 0 bridgehead atoms. The van der Waals surface area contributed by atoms with Crippen molar-refractivity contribution in [3.05, 3.63) is 24.3 Å². The molecule has 14 heavy (non-hydrogen) atoms. The van der Waals surface area contributed by atoms with Crippen LogP contribution >= 0.6 is 0 Å². The summed E-state index contributed by atoms with van der Waals surface area (Å²) in [7, 11) is 0. The van der Waals surface area contributed by atoms with Crippen LogP contribution < -0.4 is 4.74 Å². The second-order valence-corrected chi connectivity index (χ2v) is 3.26. The van der Waals surface area contributed by atoms with Crippen LogP contribution in [0.3, 0.4) is 0 Å². The molecule has 0 amide bonds. The summed E-state index contributed by atoms with van der Waals surface area (Å²) in [5.74, 6) is 0.992. The number of phenolic OH excluding ortho intramolecular Hbond substituents is 1. The molecular weight excluding hydrogens is 180 g/mol. The number of rotatable bonds is 5. The van der Waals surface area contributed by atoms with Crippen molar-refractivity contribution in [1.82, 2.24) is 0 Å². The number of ether oxygens (including phenoxy) is 2. The second kappa shape index (κ2) is 5.50. The van der Waals surface area contributed by atoms with Crippen molar-refractivity contribution in [2.24, 2.45) is 0 Å². The molecular formula is C11H16O3. The van der Waals surface area contributed by atoms with Crippen LogP contribution in [0.5, 0.6) is 11.5 Å². The molecule has 1 aromatic carbocycles. The molecule has 0 aliphatic rings. The highest BCUT2D eigenvalue weighted by molar-refractivity contribution is 5.29. The molecule has 1 rings (SSSR count). The van der Waals surface area contributed by atoms with E-state index < -0.39 is 0 Å². The van der Waals surface area contributed by atoms with Crippen molar-refractivity contribution in [2.75, 3.05) is 13.2 Å². The molecule has 0 heterocycles. The fourth-order valence-corrected chi connectivity index (χ4v) is 0.986. The topological polar surface area (TPSA) is 38.7 Å². The Morgan fingerprint density at radius 3 is 2.36 bits per heavy atom. The maximum atomic E-state index is 9.02. The molecule has 1 aromatic rings. The van der Waals surface area contributed by atoms with Crippen LogP contribution in [0.4, 0.5) is 0 Å². The minimum Gasteiger partial charge on any atom is -0.508 e. The Balaban J connectivity index is 2.21. The molecule has 78 valence electrons. The average Bonchev–Trinajstić information content (AvgIpc) is 2.15. The lowest BCUT2D eigenvalue weighted by molar-refractivity contribution is 0.0552. The molecule has 0 spiro atoms. The predicted molar refractivity (Wildman–Crippen MR) is 54.7 cm³/mol. The van der Waals surface area contributed by atoms with Gasteiger partial charge in [0.1, 0.15) is 18.1 Å². The van der Waals surface area contributed by atoms with Gasteiger partial charge in [-0.15, -0.1) is 0 Å². The lowest BCUT2D eigenvalue weighted by atomic mass is 10.3. The van der Waals surface area contributed by atoms with E-state index in [9.17, 15) is 0 Å². The molecule has 0 aliphatic carbocycles. The summed E-state index contributed by atoms with van der Waals surface area (Å²) in [6.45, 7) is 5.09. The van der Waals surface area contributed by atoms with Gasteiger partial charge in [-0.3, -0.25) is 0 Å². The molecule has 0 saturated heterocycles. The monoisotopic (exact) mass is 196 g/mol. The Morgan fingerprint density at radius 2 is 1.79 bits per heavy atom. The van der Waals surface area contributed by atoms with Crippen molar-refractivity contribution in [1.29, 1.82) is 0 Å². The lowest BCUT2D eigenvalue weighted by Gasteiger charge is -2.08. The van der Waals surface area contributed by atoms with Crippen LogP contribution in [0.2, 0.25) is 0 Å². The van der Waals surface area contributed by atoms with Gasteiger partial charge >= 0.3 is 0 Å². The fourth-order valence-electron chi connectivity index (χ4n) is 0.986. The first-order valence-electron chi connectivity index (χ1n) is 4.72. The molecule has 1 N–H and O–H groups in total. The highest BCUT2D eigenvalue weighted by Gasteiger charge is 1.95. The Hall–Kier alpha value is -1.22. The normalized spacial score (nSPS) is 10.5. The first-order valence-corrected chi connectivity index (χ1v) is 4.72. The zero-order valence-corrected chi connectivity index (χ0v) is 8.56. The Bertz CT molecular complexity index is 254. The van der Waals surface area contributed by atoms with Gasteiger partial charge in [-0.25, -0.2) is 0 Å². The van der Waals surface area contributed by atoms with E-state index in [4.69, 9.17) is 14.6 Å². The third kappa shape index (κ3) is 4.14. The van der Waals surface area contributed by atoms with Crippen molar-refractivity contribution in [3.63, 3.8) is 0 Å². The van der Waals surface area contributed by atoms with E-state index in [2.05, 4.69) is 0 Å². The van der Waals surface area contributed by atoms with Crippen LogP contribution in [0.1, 0.15) is 13.8 Å². The van der Waals surface area contributed by atoms with Crippen LogP contribution in [0.15, 0.2) is 24.3 Å². The van der Waals surface area contributed by atoms with E-state index in [0.717, 1.165) is 5.75 Å². The molecule has 0 radical (unpaired) electrons. The standard InChI is InChI=1S/C11H16O3/c1-9(2)13-7-8-14-11-5-3-10(12)4-6-11/h3-6,9,12H,7-8H2,1-2H3. The number of hydrogen-bond donors (Lipinski definition) is 1. The molecule has 3 heteroatoms. The molecule has 0 atom stereocenters. The van der Waals surface area contributed by atoms with E-state index >= 15 is 0 Å². The largest absolute Gasteiger partial charge is 0.508 e. The van der Waals surface area contributed by atoms with E-state index in [1.807, 2.05) is 13.8 Å². The Labute approximate surface area is 84.3 Å². The van der Waals surface area contributed by atoms with Gasteiger partial charge in [0.05, 0.1) is 12.7 Å². The summed E-state index contributed by atoms with van der Waals surface area (Å²) in [4.78, 5) is 0. The van der Waals surface area contributed by atoms with E-state index in [1.54, 1.807) is 24.3 Å². The Morgan fingerprint density at radius 1 is 1.14 bits per heavy atom. The molecule has 3 nitrogen and oxygen atoms in total. The third-order valence-electron chi connectivity index (χ3n) is 1.64. The van der Waals surface area contributed by atoms with Crippen molar-refractivity contribution in [2.45, 2.75) is 20.0 Å². The van der Waals surface area contributed by atoms with Gasteiger partial charge in [0, 0.05) is 0 Å². The SMILES string of the molecule is CC(C)OCCOc1ccc(O)cc1. The van der Waals surface area contributed by atoms with Crippen LogP contribution in [0, 0.1) is 0 Å². The molecule has 0 saturated carbocycles. The smallest absolute Gasteiger partial charge is 0.119 e. The number of hydrogen-bond acceptors (Lipinski definition) is 3. The molecule has 0 aliphatic heterocycles. The highest BCUT2D eigenvalue weighted by Crippen LogP contribution is 2.15. The summed E-state index contributed by atoms with van der Waals surface area (Å²) in [5, 5.41) is 9.02. The summed E-state index contributed by atoms with van der Waals surface area (Å²) < 4.78 is 10.7. The summed E-state index contributed by atoms with van der Waals surface area (Å²) >= 11 is 0. The van der Waals surface area contributed by atoms with Gasteiger partial charge in [-0.1, -0.05) is 0 Å². The van der Waals surface area contributed by atoms with Gasteiger partial charge in [-0.05, 0) is 38.1 Å². The first kappa shape index (κ1) is 10.9. The lowest BCUT2D eigenvalue weighted by Crippen LogP contribution is -2.11. The van der Waals surface area contributed by atoms with Gasteiger partial charge < -0.3 is 14.6 Å². The minimum absolute atomic E-state index is 0.235. The maximum Gasteiger partial charge on any atom is 0.119 e. The molecule has 0 unspecified atom stereocenters. The van der Waals surface area contributed by atoms with E-state index in [1.165, 1.54) is 0 Å². The number of benzene rings is 1. The fraction of sp³-hybridized carbons (Fsp3) is 0.455. The average molecular weight is 196 g/mol. The quantitative estimate of drug-likeness (QED) is 0.734. The molecule has 0 fully saturated rings. The van der Waals surface area contributed by atoms with Crippen LogP contribution in [-0.4, -0.2) is 24.4 Å². The predicted octanol–water partition coefficient (Wildman–Crippen LogP) is 2.20. The summed E-state index contributed by atoms with van der Waals surface area (Å²) in [5.41, 5.74) is 0.